The molecule has 0 spiro atoms. The second-order valence-corrected chi connectivity index (χ2v) is 6.90. The van der Waals surface area contributed by atoms with Crippen molar-refractivity contribution in [2.24, 2.45) is 0 Å². The van der Waals surface area contributed by atoms with E-state index in [1.165, 1.54) is 12.1 Å². The van der Waals surface area contributed by atoms with Crippen LogP contribution in [-0.4, -0.2) is 14.8 Å². The van der Waals surface area contributed by atoms with E-state index >= 15 is 0 Å². The molecule has 17 heteroatoms. The van der Waals surface area contributed by atoms with Gasteiger partial charge in [-0.2, -0.15) is 26.3 Å². The molecule has 196 valence electrons. The number of ether oxygens (including phenoxy) is 1. The zero-order valence-electron chi connectivity index (χ0n) is 17.8. The highest BCUT2D eigenvalue weighted by Gasteiger charge is 2.35. The van der Waals surface area contributed by atoms with Crippen LogP contribution in [0.4, 0.5) is 49.1 Å². The molecular formula is C20H12F6N4O7. The summed E-state index contributed by atoms with van der Waals surface area (Å²) in [5.74, 6) is -0.106. The summed E-state index contributed by atoms with van der Waals surface area (Å²) < 4.78 is 80.0. The second kappa shape index (κ2) is 10.8. The maximum Gasteiger partial charge on any atom is 0.416 e. The van der Waals surface area contributed by atoms with Crippen LogP contribution >= 0.6 is 0 Å². The van der Waals surface area contributed by atoms with Crippen molar-refractivity contribution in [1.29, 1.82) is 0 Å². The lowest BCUT2D eigenvalue weighted by Crippen LogP contribution is -2.06. The minimum Gasteiger partial charge on any atom is -0.457 e. The van der Waals surface area contributed by atoms with E-state index in [1.54, 1.807) is 12.1 Å². The largest absolute Gasteiger partial charge is 0.457 e. The Morgan fingerprint density at radius 1 is 0.622 bits per heavy atom. The molecule has 0 saturated heterocycles. The quantitative estimate of drug-likeness (QED) is 0.167. The monoisotopic (exact) mass is 534 g/mol. The minimum atomic E-state index is -4.86. The normalized spacial score (nSPS) is 11.2. The van der Waals surface area contributed by atoms with Crippen LogP contribution in [0.15, 0.2) is 60.7 Å². The van der Waals surface area contributed by atoms with Crippen molar-refractivity contribution in [2.45, 2.75) is 12.4 Å². The standard InChI is InChI=1S/C13H9F3N2O3.C7H3F3N2O4/c14-13(15,16)8-4-10(18(19)20)7-12(5-8)21-11-3-1-2-9(17)6-11;8-7(9,10)4-1-5(11(13)14)3-6(2-4)12(15)16/h1-7H,17H2;1-3H. The summed E-state index contributed by atoms with van der Waals surface area (Å²) in [6, 6.07) is 9.00. The molecular weight excluding hydrogens is 522 g/mol. The molecule has 0 amide bonds. The van der Waals surface area contributed by atoms with E-state index in [2.05, 4.69) is 0 Å². The lowest BCUT2D eigenvalue weighted by molar-refractivity contribution is -0.394. The summed E-state index contributed by atoms with van der Waals surface area (Å²) in [4.78, 5) is 28.1. The van der Waals surface area contributed by atoms with Gasteiger partial charge in [-0.05, 0) is 18.2 Å². The molecule has 0 atom stereocenters. The van der Waals surface area contributed by atoms with Gasteiger partial charge in [0.1, 0.15) is 11.5 Å². The molecule has 0 radical (unpaired) electrons. The first-order valence-electron chi connectivity index (χ1n) is 9.38. The fraction of sp³-hybridized carbons (Fsp3) is 0.100. The van der Waals surface area contributed by atoms with Gasteiger partial charge in [-0.15, -0.1) is 0 Å². The predicted octanol–water partition coefficient (Wildman–Crippen LogP) is 6.51. The van der Waals surface area contributed by atoms with Crippen molar-refractivity contribution in [3.63, 3.8) is 0 Å². The number of rotatable bonds is 5. The highest BCUT2D eigenvalue weighted by atomic mass is 19.4. The van der Waals surface area contributed by atoms with E-state index < -0.39 is 55.3 Å². The van der Waals surface area contributed by atoms with E-state index in [-0.39, 0.29) is 23.6 Å². The third-order valence-corrected chi connectivity index (χ3v) is 4.17. The molecule has 0 heterocycles. The van der Waals surface area contributed by atoms with Gasteiger partial charge in [-0.3, -0.25) is 30.3 Å². The average Bonchev–Trinajstić information content (AvgIpc) is 2.77. The lowest BCUT2D eigenvalue weighted by atomic mass is 10.1. The lowest BCUT2D eigenvalue weighted by Gasteiger charge is -2.10. The summed E-state index contributed by atoms with van der Waals surface area (Å²) in [6.07, 6.45) is -9.57. The highest BCUT2D eigenvalue weighted by Crippen LogP contribution is 2.37. The third kappa shape index (κ3) is 8.05. The molecule has 0 fully saturated rings. The number of halogens is 6. The van der Waals surface area contributed by atoms with Crippen molar-refractivity contribution in [1.82, 2.24) is 0 Å². The van der Waals surface area contributed by atoms with Crippen LogP contribution in [0.2, 0.25) is 0 Å². The molecule has 0 unspecified atom stereocenters. The molecule has 0 aliphatic rings. The number of anilines is 1. The number of hydrogen-bond acceptors (Lipinski definition) is 8. The van der Waals surface area contributed by atoms with Crippen molar-refractivity contribution in [3.05, 3.63) is 102 Å². The Hall–Kier alpha value is -4.96. The molecule has 3 aromatic carbocycles. The van der Waals surface area contributed by atoms with Gasteiger partial charge in [-0.25, -0.2) is 0 Å². The first-order chi connectivity index (χ1) is 17.0. The van der Waals surface area contributed by atoms with Crippen LogP contribution in [0, 0.1) is 30.3 Å². The third-order valence-electron chi connectivity index (χ3n) is 4.17. The summed E-state index contributed by atoms with van der Waals surface area (Å²) >= 11 is 0. The molecule has 3 aromatic rings. The topological polar surface area (TPSA) is 165 Å². The molecule has 0 aliphatic carbocycles. The Morgan fingerprint density at radius 3 is 1.46 bits per heavy atom. The Kier molecular flexibility index (Phi) is 8.22. The predicted molar refractivity (Wildman–Crippen MR) is 114 cm³/mol. The fourth-order valence-electron chi connectivity index (χ4n) is 2.60. The molecule has 37 heavy (non-hydrogen) atoms. The number of nitro benzene ring substituents is 3. The van der Waals surface area contributed by atoms with E-state index in [0.717, 1.165) is 6.07 Å². The average molecular weight is 534 g/mol. The van der Waals surface area contributed by atoms with Gasteiger partial charge in [0.15, 0.2) is 0 Å². The Labute approximate surface area is 201 Å². The van der Waals surface area contributed by atoms with E-state index in [1.807, 2.05) is 0 Å². The number of hydrogen-bond donors (Lipinski definition) is 1. The number of nitrogens with zero attached hydrogens (tertiary/aromatic N) is 3. The van der Waals surface area contributed by atoms with Crippen molar-refractivity contribution >= 4 is 22.7 Å². The van der Waals surface area contributed by atoms with Crippen LogP contribution in [0.25, 0.3) is 0 Å². The number of alkyl halides is 6. The van der Waals surface area contributed by atoms with Crippen LogP contribution in [-0.2, 0) is 12.4 Å². The summed E-state index contributed by atoms with van der Waals surface area (Å²) in [5.41, 5.74) is 0.651. The smallest absolute Gasteiger partial charge is 0.416 e. The van der Waals surface area contributed by atoms with E-state index in [4.69, 9.17) is 10.5 Å². The first kappa shape index (κ1) is 28.3. The number of nitrogen functional groups attached to an aromatic ring is 1. The van der Waals surface area contributed by atoms with Gasteiger partial charge in [0, 0.05) is 30.0 Å². The SMILES string of the molecule is Nc1cccc(Oc2cc([N+](=O)[O-])cc(C(F)(F)F)c2)c1.O=[N+]([O-])c1cc([N+](=O)[O-])cc(C(F)(F)F)c1. The van der Waals surface area contributed by atoms with Crippen LogP contribution in [0.5, 0.6) is 11.5 Å². The van der Waals surface area contributed by atoms with Crippen LogP contribution in [0.1, 0.15) is 11.1 Å². The maximum atomic E-state index is 12.7. The highest BCUT2D eigenvalue weighted by molar-refractivity contribution is 5.49. The Balaban J connectivity index is 0.000000271. The van der Waals surface area contributed by atoms with Crippen molar-refractivity contribution < 1.29 is 45.8 Å². The fourth-order valence-corrected chi connectivity index (χ4v) is 2.60. The molecule has 2 N–H and O–H groups in total. The Bertz CT molecular complexity index is 1310. The van der Waals surface area contributed by atoms with Gasteiger partial charge < -0.3 is 10.5 Å². The number of benzene rings is 3. The van der Waals surface area contributed by atoms with Crippen molar-refractivity contribution in [2.75, 3.05) is 5.73 Å². The van der Waals surface area contributed by atoms with E-state index in [0.29, 0.717) is 23.9 Å². The number of non-ortho nitro benzene ring substituents is 3. The molecule has 3 rings (SSSR count). The summed E-state index contributed by atoms with van der Waals surface area (Å²) in [7, 11) is 0. The van der Waals surface area contributed by atoms with Crippen LogP contribution in [0.3, 0.4) is 0 Å². The molecule has 0 bridgehead atoms. The first-order valence-corrected chi connectivity index (χ1v) is 9.38. The molecule has 0 aromatic heterocycles. The zero-order valence-corrected chi connectivity index (χ0v) is 17.8. The summed E-state index contributed by atoms with van der Waals surface area (Å²) in [5, 5.41) is 31.2. The van der Waals surface area contributed by atoms with Gasteiger partial charge in [-0.1, -0.05) is 6.07 Å². The number of nitrogens with two attached hydrogens (primary N) is 1. The molecule has 11 nitrogen and oxygen atoms in total. The second-order valence-electron chi connectivity index (χ2n) is 6.90. The van der Waals surface area contributed by atoms with Gasteiger partial charge >= 0.3 is 12.4 Å². The Morgan fingerprint density at radius 2 is 1.05 bits per heavy atom. The van der Waals surface area contributed by atoms with E-state index in [9.17, 15) is 56.7 Å². The maximum absolute atomic E-state index is 12.7. The summed E-state index contributed by atoms with van der Waals surface area (Å²) in [6.45, 7) is 0. The minimum absolute atomic E-state index is 0.184. The van der Waals surface area contributed by atoms with Gasteiger partial charge in [0.2, 0.25) is 0 Å². The number of nitro groups is 3. The van der Waals surface area contributed by atoms with Gasteiger partial charge in [0.05, 0.1) is 38.0 Å². The molecule has 0 saturated carbocycles. The van der Waals surface area contributed by atoms with Gasteiger partial charge in [0.25, 0.3) is 17.1 Å². The van der Waals surface area contributed by atoms with Crippen molar-refractivity contribution in [3.8, 4) is 11.5 Å². The molecule has 0 aliphatic heterocycles. The zero-order chi connectivity index (χ0) is 28.1. The van der Waals surface area contributed by atoms with Crippen LogP contribution < -0.4 is 10.5 Å².